The Kier molecular flexibility index (Phi) is 8.32. The number of nitrogens with zero attached hydrogens (tertiary/aromatic N) is 3. The lowest BCUT2D eigenvalue weighted by Crippen LogP contribution is -2.42. The van der Waals surface area contributed by atoms with E-state index in [1.807, 2.05) is 18.2 Å². The predicted octanol–water partition coefficient (Wildman–Crippen LogP) is 4.29. The predicted molar refractivity (Wildman–Crippen MR) is 145 cm³/mol. The van der Waals surface area contributed by atoms with Crippen molar-refractivity contribution in [2.24, 2.45) is 10.4 Å². The summed E-state index contributed by atoms with van der Waals surface area (Å²) >= 11 is 0. The van der Waals surface area contributed by atoms with Crippen LogP contribution < -0.4 is 16.0 Å². The summed E-state index contributed by atoms with van der Waals surface area (Å²) in [4.78, 5) is 13.6. The van der Waals surface area contributed by atoms with Crippen molar-refractivity contribution in [1.29, 1.82) is 0 Å². The van der Waals surface area contributed by atoms with Gasteiger partial charge >= 0.3 is 0 Å². The summed E-state index contributed by atoms with van der Waals surface area (Å²) in [6.45, 7) is 6.02. The zero-order valence-electron chi connectivity index (χ0n) is 21.9. The molecule has 2 fully saturated rings. The largest absolute Gasteiger partial charge is 0.383 e. The second kappa shape index (κ2) is 11.8. The molecule has 0 bridgehead atoms. The van der Waals surface area contributed by atoms with Gasteiger partial charge in [-0.25, -0.2) is 14.4 Å². The van der Waals surface area contributed by atoms with Gasteiger partial charge in [0, 0.05) is 61.7 Å². The first-order chi connectivity index (χ1) is 18.0. The topological polar surface area (TPSA) is 92.7 Å². The fourth-order valence-corrected chi connectivity index (χ4v) is 5.68. The van der Waals surface area contributed by atoms with Gasteiger partial charge in [0.1, 0.15) is 11.6 Å². The maximum atomic E-state index is 14.9. The van der Waals surface area contributed by atoms with Crippen LogP contribution >= 0.6 is 0 Å². The van der Waals surface area contributed by atoms with Crippen molar-refractivity contribution in [3.8, 4) is 11.3 Å². The van der Waals surface area contributed by atoms with E-state index in [1.54, 1.807) is 13.2 Å². The molecule has 9 heteroatoms. The molecule has 1 unspecified atom stereocenters. The molecule has 0 aromatic carbocycles. The molecule has 1 saturated heterocycles. The minimum absolute atomic E-state index is 0.0469. The summed E-state index contributed by atoms with van der Waals surface area (Å²) in [5, 5.41) is 10.7. The summed E-state index contributed by atoms with van der Waals surface area (Å²) in [5.41, 5.74) is 2.38. The van der Waals surface area contributed by atoms with E-state index in [0.29, 0.717) is 35.2 Å². The van der Waals surface area contributed by atoms with Crippen molar-refractivity contribution < 1.29 is 13.9 Å². The number of ether oxygens (including phenoxy) is 2. The Hall–Kier alpha value is -2.62. The van der Waals surface area contributed by atoms with Gasteiger partial charge in [0.25, 0.3) is 0 Å². The van der Waals surface area contributed by atoms with Gasteiger partial charge in [0.15, 0.2) is 5.82 Å². The summed E-state index contributed by atoms with van der Waals surface area (Å²) < 4.78 is 25.7. The Balaban J connectivity index is 1.20. The maximum absolute atomic E-state index is 14.9. The van der Waals surface area contributed by atoms with Crippen molar-refractivity contribution in [3.63, 3.8) is 0 Å². The first-order valence-electron chi connectivity index (χ1n) is 13.5. The zero-order valence-corrected chi connectivity index (χ0v) is 21.9. The van der Waals surface area contributed by atoms with Gasteiger partial charge in [-0.2, -0.15) is 0 Å². The molecule has 200 valence electrons. The van der Waals surface area contributed by atoms with Crippen LogP contribution in [0.4, 0.5) is 16.0 Å². The molecule has 3 N–H and O–H groups in total. The molecule has 2 aromatic heterocycles. The molecule has 1 saturated carbocycles. The van der Waals surface area contributed by atoms with E-state index < -0.39 is 0 Å². The number of methoxy groups -OCH3 is 1. The quantitative estimate of drug-likeness (QED) is 0.415. The molecular formula is C28H39FN6O2. The van der Waals surface area contributed by atoms with Gasteiger partial charge in [-0.3, -0.25) is 4.99 Å². The number of anilines is 2. The molecule has 2 aromatic rings. The summed E-state index contributed by atoms with van der Waals surface area (Å²) in [7, 11) is 1.73. The highest BCUT2D eigenvalue weighted by molar-refractivity contribution is 6.02. The van der Waals surface area contributed by atoms with Gasteiger partial charge in [-0.05, 0) is 63.6 Å². The second-order valence-corrected chi connectivity index (χ2v) is 10.7. The Morgan fingerprint density at radius 1 is 1.14 bits per heavy atom. The Labute approximate surface area is 218 Å². The Morgan fingerprint density at radius 3 is 2.62 bits per heavy atom. The molecule has 2 aliphatic heterocycles. The van der Waals surface area contributed by atoms with Crippen LogP contribution in [-0.2, 0) is 9.47 Å². The number of aliphatic imine (C=N–C) groups is 1. The molecule has 0 amide bonds. The van der Waals surface area contributed by atoms with E-state index in [9.17, 15) is 4.39 Å². The van der Waals surface area contributed by atoms with E-state index >= 15 is 0 Å². The van der Waals surface area contributed by atoms with Crippen LogP contribution in [0.3, 0.4) is 0 Å². The maximum Gasteiger partial charge on any atom is 0.151 e. The fraction of sp³-hybridized carbons (Fsp3) is 0.607. The monoisotopic (exact) mass is 510 g/mol. The Morgan fingerprint density at radius 2 is 1.89 bits per heavy atom. The minimum Gasteiger partial charge on any atom is -0.383 e. The molecule has 0 spiro atoms. The van der Waals surface area contributed by atoms with Crippen LogP contribution in [0.15, 0.2) is 35.5 Å². The van der Waals surface area contributed by atoms with Crippen LogP contribution in [0.2, 0.25) is 0 Å². The highest BCUT2D eigenvalue weighted by Gasteiger charge is 2.41. The first kappa shape index (κ1) is 26.0. The van der Waals surface area contributed by atoms with Crippen LogP contribution in [0.1, 0.15) is 45.4 Å². The van der Waals surface area contributed by atoms with Crippen molar-refractivity contribution in [1.82, 2.24) is 15.3 Å². The number of aromatic nitrogens is 2. The highest BCUT2D eigenvalue weighted by atomic mass is 19.1. The van der Waals surface area contributed by atoms with Crippen LogP contribution in [-0.4, -0.2) is 73.8 Å². The molecular weight excluding hydrogens is 471 g/mol. The number of rotatable bonds is 11. The molecule has 1 atom stereocenters. The van der Waals surface area contributed by atoms with Crippen molar-refractivity contribution >= 4 is 17.3 Å². The third-order valence-corrected chi connectivity index (χ3v) is 7.88. The standard InChI is InChI=1S/C28H39FN6O2/c1-19(17-36-2)33-20-6-8-21(9-7-20)34-27-14-22(23(29)15-31-27)24-4-3-5-26(35-24)32-18-28(25-16-30-25)10-12-37-13-11-28/h3-5,14-15,19-21,33H,6-13,16-18H2,1-2H3,(H,31,34)(H,32,35). The van der Waals surface area contributed by atoms with Gasteiger partial charge in [-0.15, -0.1) is 0 Å². The Bertz CT molecular complexity index is 1080. The van der Waals surface area contributed by atoms with Crippen LogP contribution in [0, 0.1) is 11.2 Å². The van der Waals surface area contributed by atoms with Gasteiger partial charge in [0.05, 0.1) is 25.0 Å². The minimum atomic E-state index is -0.372. The van der Waals surface area contributed by atoms with Crippen molar-refractivity contribution in [2.75, 3.05) is 50.7 Å². The summed E-state index contributed by atoms with van der Waals surface area (Å²) in [6.07, 6.45) is 7.50. The van der Waals surface area contributed by atoms with Gasteiger partial charge < -0.3 is 25.4 Å². The summed E-state index contributed by atoms with van der Waals surface area (Å²) in [6, 6.07) is 8.66. The zero-order chi connectivity index (χ0) is 25.7. The molecule has 0 radical (unpaired) electrons. The average molecular weight is 511 g/mol. The van der Waals surface area contributed by atoms with Crippen molar-refractivity contribution in [2.45, 2.75) is 63.6 Å². The first-order valence-corrected chi connectivity index (χ1v) is 13.5. The smallest absolute Gasteiger partial charge is 0.151 e. The number of pyridine rings is 2. The molecule has 5 rings (SSSR count). The highest BCUT2D eigenvalue weighted by Crippen LogP contribution is 2.36. The molecule has 4 heterocycles. The number of nitrogens with one attached hydrogen (secondary N) is 3. The van der Waals surface area contributed by atoms with Gasteiger partial charge in [0.2, 0.25) is 0 Å². The van der Waals surface area contributed by atoms with E-state index in [2.05, 4.69) is 32.9 Å². The number of halogens is 1. The van der Waals surface area contributed by atoms with Gasteiger partial charge in [-0.1, -0.05) is 6.07 Å². The van der Waals surface area contributed by atoms with E-state index in [4.69, 9.17) is 14.5 Å². The SMILES string of the molecule is COCC(C)NC1CCC(Nc2cc(-c3cccc(NCC4(C5=NC5)CCOCC4)n3)c(F)cn2)CC1. The summed E-state index contributed by atoms with van der Waals surface area (Å²) in [5.74, 6) is 1.06. The lowest BCUT2D eigenvalue weighted by atomic mass is 9.77. The van der Waals surface area contributed by atoms with Crippen LogP contribution in [0.25, 0.3) is 11.3 Å². The average Bonchev–Trinajstić information content (AvgIpc) is 3.77. The second-order valence-electron chi connectivity index (χ2n) is 10.7. The van der Waals surface area contributed by atoms with E-state index in [-0.39, 0.29) is 11.2 Å². The van der Waals surface area contributed by atoms with Crippen LogP contribution in [0.5, 0.6) is 0 Å². The molecule has 3 aliphatic rings. The normalized spacial score (nSPS) is 23.7. The lowest BCUT2D eigenvalue weighted by molar-refractivity contribution is 0.0511. The third-order valence-electron chi connectivity index (χ3n) is 7.88. The lowest BCUT2D eigenvalue weighted by Gasteiger charge is -2.34. The fourth-order valence-electron chi connectivity index (χ4n) is 5.68. The molecule has 8 nitrogen and oxygen atoms in total. The van der Waals surface area contributed by atoms with E-state index in [0.717, 1.165) is 77.3 Å². The number of hydrogen-bond acceptors (Lipinski definition) is 8. The third kappa shape index (κ3) is 6.64. The van der Waals surface area contributed by atoms with E-state index in [1.165, 1.54) is 11.9 Å². The molecule has 1 aliphatic carbocycles. The molecule has 37 heavy (non-hydrogen) atoms. The number of hydrogen-bond donors (Lipinski definition) is 3. The van der Waals surface area contributed by atoms with Crippen molar-refractivity contribution in [3.05, 3.63) is 36.3 Å².